The van der Waals surface area contributed by atoms with E-state index in [0.717, 1.165) is 9.47 Å². The van der Waals surface area contributed by atoms with Gasteiger partial charge in [-0.25, -0.2) is 4.39 Å². The molecule has 2 aromatic rings. The Hall–Kier alpha value is -1.67. The molecule has 1 aromatic heterocycles. The number of carbonyl (C=O) groups excluding carboxylic acids is 1. The van der Waals surface area contributed by atoms with Crippen LogP contribution in [-0.4, -0.2) is 27.4 Å². The summed E-state index contributed by atoms with van der Waals surface area (Å²) in [7, 11) is 0. The molecule has 1 aromatic carbocycles. The van der Waals surface area contributed by atoms with Gasteiger partial charge in [0.15, 0.2) is 4.34 Å². The molecule has 0 radical (unpaired) electrons. The van der Waals surface area contributed by atoms with Crippen molar-refractivity contribution in [1.29, 1.82) is 0 Å². The molecule has 0 aliphatic heterocycles. The number of hydrogen-bond acceptors (Lipinski definition) is 6. The molecule has 0 aliphatic rings. The van der Waals surface area contributed by atoms with Crippen LogP contribution < -0.4 is 10.6 Å². The van der Waals surface area contributed by atoms with Gasteiger partial charge in [-0.3, -0.25) is 4.79 Å². The highest BCUT2D eigenvalue weighted by atomic mass is 32.2. The SMILES string of the molecule is CC(C)Nc1nnc(S[C@H](C)C(=O)Nc2ccc(F)cc2)s1. The standard InChI is InChI=1S/C14H17FN4OS2/c1-8(2)16-13-18-19-14(22-13)21-9(3)12(20)17-11-6-4-10(15)5-7-11/h4-9H,1-3H3,(H,16,18)(H,17,20)/t9-/m1/s1. The number of hydrogen-bond donors (Lipinski definition) is 2. The summed E-state index contributed by atoms with van der Waals surface area (Å²) in [6.07, 6.45) is 0. The quantitative estimate of drug-likeness (QED) is 0.786. The second-order valence-corrected chi connectivity index (χ2v) is 7.49. The van der Waals surface area contributed by atoms with Crippen LogP contribution in [0.1, 0.15) is 20.8 Å². The van der Waals surface area contributed by atoms with E-state index in [1.165, 1.54) is 47.4 Å². The van der Waals surface area contributed by atoms with E-state index in [1.54, 1.807) is 6.92 Å². The lowest BCUT2D eigenvalue weighted by Crippen LogP contribution is -2.22. The number of nitrogens with one attached hydrogen (secondary N) is 2. The van der Waals surface area contributed by atoms with Crippen molar-refractivity contribution in [1.82, 2.24) is 10.2 Å². The maximum Gasteiger partial charge on any atom is 0.237 e. The monoisotopic (exact) mass is 340 g/mol. The molecule has 0 bridgehead atoms. The highest BCUT2D eigenvalue weighted by Gasteiger charge is 2.17. The zero-order chi connectivity index (χ0) is 16.1. The molecule has 5 nitrogen and oxygen atoms in total. The number of thioether (sulfide) groups is 1. The van der Waals surface area contributed by atoms with Crippen molar-refractivity contribution in [3.63, 3.8) is 0 Å². The van der Waals surface area contributed by atoms with E-state index < -0.39 is 0 Å². The van der Waals surface area contributed by atoms with Gasteiger partial charge in [0.1, 0.15) is 5.82 Å². The topological polar surface area (TPSA) is 66.9 Å². The number of anilines is 2. The number of carbonyl (C=O) groups is 1. The second kappa shape index (κ2) is 7.55. The summed E-state index contributed by atoms with van der Waals surface area (Å²) in [5.74, 6) is -0.496. The summed E-state index contributed by atoms with van der Waals surface area (Å²) in [4.78, 5) is 12.1. The van der Waals surface area contributed by atoms with Crippen molar-refractivity contribution in [2.45, 2.75) is 36.4 Å². The van der Waals surface area contributed by atoms with Crippen molar-refractivity contribution in [3.8, 4) is 0 Å². The normalized spacial score (nSPS) is 12.2. The number of halogens is 1. The van der Waals surface area contributed by atoms with Gasteiger partial charge in [-0.15, -0.1) is 10.2 Å². The lowest BCUT2D eigenvalue weighted by molar-refractivity contribution is -0.115. The Morgan fingerprint density at radius 3 is 2.55 bits per heavy atom. The van der Waals surface area contributed by atoms with E-state index in [4.69, 9.17) is 0 Å². The summed E-state index contributed by atoms with van der Waals surface area (Å²) >= 11 is 2.76. The Bertz CT molecular complexity index is 630. The molecule has 118 valence electrons. The third-order valence-corrected chi connectivity index (χ3v) is 4.62. The smallest absolute Gasteiger partial charge is 0.237 e. The third-order valence-electron chi connectivity index (χ3n) is 2.58. The van der Waals surface area contributed by atoms with Gasteiger partial charge in [-0.2, -0.15) is 0 Å². The summed E-state index contributed by atoms with van der Waals surface area (Å²) in [5, 5.41) is 14.4. The first-order valence-electron chi connectivity index (χ1n) is 6.77. The fraction of sp³-hybridized carbons (Fsp3) is 0.357. The molecule has 1 heterocycles. The van der Waals surface area contributed by atoms with Crippen LogP contribution in [0.25, 0.3) is 0 Å². The van der Waals surface area contributed by atoms with Crippen molar-refractivity contribution < 1.29 is 9.18 Å². The van der Waals surface area contributed by atoms with Crippen molar-refractivity contribution in [2.75, 3.05) is 10.6 Å². The summed E-state index contributed by atoms with van der Waals surface area (Å²) in [6.45, 7) is 5.83. The lowest BCUT2D eigenvalue weighted by atomic mass is 10.3. The summed E-state index contributed by atoms with van der Waals surface area (Å²) < 4.78 is 13.6. The number of nitrogens with zero attached hydrogens (tertiary/aromatic N) is 2. The minimum Gasteiger partial charge on any atom is -0.358 e. The Balaban J connectivity index is 1.90. The fourth-order valence-corrected chi connectivity index (χ4v) is 3.59. The van der Waals surface area contributed by atoms with E-state index in [9.17, 15) is 9.18 Å². The van der Waals surface area contributed by atoms with Crippen molar-refractivity contribution >= 4 is 39.8 Å². The molecule has 0 saturated carbocycles. The van der Waals surface area contributed by atoms with Gasteiger partial charge in [0.05, 0.1) is 5.25 Å². The van der Waals surface area contributed by atoms with Crippen LogP contribution in [0.15, 0.2) is 28.6 Å². The zero-order valence-electron chi connectivity index (χ0n) is 12.5. The summed E-state index contributed by atoms with van der Waals surface area (Å²) in [6, 6.07) is 5.95. The number of aromatic nitrogens is 2. The predicted molar refractivity (Wildman–Crippen MR) is 89.0 cm³/mol. The average molecular weight is 340 g/mol. The highest BCUT2D eigenvalue weighted by molar-refractivity contribution is 8.02. The van der Waals surface area contributed by atoms with Crippen molar-refractivity contribution in [2.24, 2.45) is 0 Å². The molecule has 2 N–H and O–H groups in total. The first kappa shape index (κ1) is 16.7. The molecule has 1 atom stereocenters. The van der Waals surface area contributed by atoms with Gasteiger partial charge < -0.3 is 10.6 Å². The zero-order valence-corrected chi connectivity index (χ0v) is 14.1. The molecular weight excluding hydrogens is 323 g/mol. The molecule has 0 unspecified atom stereocenters. The van der Waals surface area contributed by atoms with Gasteiger partial charge in [-0.1, -0.05) is 23.1 Å². The number of rotatable bonds is 6. The Morgan fingerprint density at radius 2 is 1.91 bits per heavy atom. The predicted octanol–water partition coefficient (Wildman–Crippen LogP) is 3.62. The van der Waals surface area contributed by atoms with Gasteiger partial charge in [0.25, 0.3) is 0 Å². The summed E-state index contributed by atoms with van der Waals surface area (Å²) in [5.41, 5.74) is 0.568. The minimum atomic E-state index is -0.334. The lowest BCUT2D eigenvalue weighted by Gasteiger charge is -2.10. The minimum absolute atomic E-state index is 0.162. The molecule has 0 aliphatic carbocycles. The van der Waals surface area contributed by atoms with E-state index in [-0.39, 0.29) is 23.0 Å². The molecule has 8 heteroatoms. The average Bonchev–Trinajstić information content (AvgIpc) is 2.87. The maximum absolute atomic E-state index is 12.8. The molecular formula is C14H17FN4OS2. The second-order valence-electron chi connectivity index (χ2n) is 4.93. The van der Waals surface area contributed by atoms with E-state index in [0.29, 0.717) is 5.69 Å². The molecule has 0 fully saturated rings. The molecule has 0 spiro atoms. The van der Waals surface area contributed by atoms with Crippen LogP contribution in [-0.2, 0) is 4.79 Å². The number of amides is 1. The number of benzene rings is 1. The van der Waals surface area contributed by atoms with E-state index in [1.807, 2.05) is 13.8 Å². The van der Waals surface area contributed by atoms with Crippen LogP contribution in [0.3, 0.4) is 0 Å². The van der Waals surface area contributed by atoms with Crippen LogP contribution >= 0.6 is 23.1 Å². The molecule has 22 heavy (non-hydrogen) atoms. The Kier molecular flexibility index (Phi) is 5.73. The van der Waals surface area contributed by atoms with Gasteiger partial charge >= 0.3 is 0 Å². The molecule has 1 amide bonds. The van der Waals surface area contributed by atoms with Crippen molar-refractivity contribution in [3.05, 3.63) is 30.1 Å². The highest BCUT2D eigenvalue weighted by Crippen LogP contribution is 2.29. The van der Waals surface area contributed by atoms with Gasteiger partial charge in [0.2, 0.25) is 11.0 Å². The van der Waals surface area contributed by atoms with E-state index >= 15 is 0 Å². The largest absolute Gasteiger partial charge is 0.358 e. The maximum atomic E-state index is 12.8. The third kappa shape index (κ3) is 4.96. The van der Waals surface area contributed by atoms with Crippen LogP contribution in [0.5, 0.6) is 0 Å². The molecule has 0 saturated heterocycles. The first-order chi connectivity index (χ1) is 10.4. The first-order valence-corrected chi connectivity index (χ1v) is 8.47. The molecule has 2 rings (SSSR count). The van der Waals surface area contributed by atoms with E-state index in [2.05, 4.69) is 20.8 Å². The van der Waals surface area contributed by atoms with Crippen LogP contribution in [0, 0.1) is 5.82 Å². The van der Waals surface area contributed by atoms with Gasteiger partial charge in [0, 0.05) is 11.7 Å². The Morgan fingerprint density at radius 1 is 1.23 bits per heavy atom. The van der Waals surface area contributed by atoms with Crippen LogP contribution in [0.4, 0.5) is 15.2 Å². The Labute approximate surface area is 136 Å². The van der Waals surface area contributed by atoms with Crippen LogP contribution in [0.2, 0.25) is 0 Å². The van der Waals surface area contributed by atoms with Gasteiger partial charge in [-0.05, 0) is 45.0 Å². The fourth-order valence-electron chi connectivity index (χ4n) is 1.54.